The lowest BCUT2D eigenvalue weighted by Crippen LogP contribution is -2.32. The Morgan fingerprint density at radius 1 is 1.35 bits per heavy atom. The van der Waals surface area contributed by atoms with E-state index in [4.69, 9.17) is 9.47 Å². The Morgan fingerprint density at radius 3 is 2.65 bits per heavy atom. The SMILES string of the molecule is CCOc1cc(NCC(C)(C)OC)nc(C)n1. The van der Waals surface area contributed by atoms with Crippen LogP contribution in [-0.2, 0) is 4.74 Å². The summed E-state index contributed by atoms with van der Waals surface area (Å²) in [6, 6.07) is 1.79. The van der Waals surface area contributed by atoms with Crippen LogP contribution in [0.15, 0.2) is 6.07 Å². The molecule has 0 fully saturated rings. The van der Waals surface area contributed by atoms with Crippen molar-refractivity contribution in [1.82, 2.24) is 9.97 Å². The second-order valence-corrected chi connectivity index (χ2v) is 4.39. The van der Waals surface area contributed by atoms with Gasteiger partial charge in [0.25, 0.3) is 0 Å². The number of nitrogens with one attached hydrogen (secondary N) is 1. The van der Waals surface area contributed by atoms with Crippen molar-refractivity contribution in [3.8, 4) is 5.88 Å². The van der Waals surface area contributed by atoms with Crippen molar-refractivity contribution < 1.29 is 9.47 Å². The maximum Gasteiger partial charge on any atom is 0.218 e. The molecular formula is C12H21N3O2. The standard InChI is InChI=1S/C12H21N3O2/c1-6-17-11-7-10(14-9(2)15-11)13-8-12(3,4)16-5/h7H,6,8H2,1-5H3,(H,13,14,15). The van der Waals surface area contributed by atoms with E-state index in [-0.39, 0.29) is 5.60 Å². The van der Waals surface area contributed by atoms with Crippen LogP contribution in [0.1, 0.15) is 26.6 Å². The monoisotopic (exact) mass is 239 g/mol. The van der Waals surface area contributed by atoms with Crippen LogP contribution in [0.5, 0.6) is 5.88 Å². The van der Waals surface area contributed by atoms with Gasteiger partial charge in [0.15, 0.2) is 0 Å². The van der Waals surface area contributed by atoms with Crippen LogP contribution in [0.2, 0.25) is 0 Å². The van der Waals surface area contributed by atoms with E-state index in [9.17, 15) is 0 Å². The Bertz CT molecular complexity index is 367. The molecule has 0 amide bonds. The van der Waals surface area contributed by atoms with Crippen LogP contribution in [-0.4, -0.2) is 35.8 Å². The summed E-state index contributed by atoms with van der Waals surface area (Å²) in [7, 11) is 1.69. The molecule has 1 aromatic heterocycles. The van der Waals surface area contributed by atoms with Gasteiger partial charge in [0.05, 0.1) is 12.2 Å². The number of aryl methyl sites for hydroxylation is 1. The summed E-state index contributed by atoms with van der Waals surface area (Å²) in [6.07, 6.45) is 0. The number of nitrogens with zero attached hydrogens (tertiary/aromatic N) is 2. The van der Waals surface area contributed by atoms with Gasteiger partial charge in [-0.1, -0.05) is 0 Å². The first-order valence-electron chi connectivity index (χ1n) is 5.74. The van der Waals surface area contributed by atoms with E-state index in [0.29, 0.717) is 24.9 Å². The fourth-order valence-corrected chi connectivity index (χ4v) is 1.23. The summed E-state index contributed by atoms with van der Waals surface area (Å²) >= 11 is 0. The van der Waals surface area contributed by atoms with Gasteiger partial charge in [0, 0.05) is 19.7 Å². The van der Waals surface area contributed by atoms with Gasteiger partial charge in [-0.15, -0.1) is 0 Å². The molecule has 0 bridgehead atoms. The third kappa shape index (κ3) is 4.56. The molecule has 0 aliphatic carbocycles. The summed E-state index contributed by atoms with van der Waals surface area (Å²) in [6.45, 7) is 9.06. The third-order valence-electron chi connectivity index (χ3n) is 2.35. The zero-order valence-corrected chi connectivity index (χ0v) is 11.2. The van der Waals surface area contributed by atoms with E-state index in [1.807, 2.05) is 27.7 Å². The first-order chi connectivity index (χ1) is 7.96. The molecule has 1 rings (SSSR count). The van der Waals surface area contributed by atoms with Crippen LogP contribution >= 0.6 is 0 Å². The predicted molar refractivity (Wildman–Crippen MR) is 67.5 cm³/mol. The summed E-state index contributed by atoms with van der Waals surface area (Å²) in [5.41, 5.74) is -0.232. The van der Waals surface area contributed by atoms with Crippen molar-refractivity contribution >= 4 is 5.82 Å². The molecule has 1 N–H and O–H groups in total. The third-order valence-corrected chi connectivity index (χ3v) is 2.35. The van der Waals surface area contributed by atoms with E-state index in [0.717, 1.165) is 5.82 Å². The summed E-state index contributed by atoms with van der Waals surface area (Å²) in [5.74, 6) is 2.04. The number of aromatic nitrogens is 2. The largest absolute Gasteiger partial charge is 0.478 e. The van der Waals surface area contributed by atoms with Gasteiger partial charge in [0.1, 0.15) is 11.6 Å². The Balaban J connectivity index is 2.70. The molecule has 0 spiro atoms. The van der Waals surface area contributed by atoms with E-state index in [1.165, 1.54) is 0 Å². The van der Waals surface area contributed by atoms with Crippen molar-refractivity contribution in [3.05, 3.63) is 11.9 Å². The van der Waals surface area contributed by atoms with Crippen molar-refractivity contribution in [2.24, 2.45) is 0 Å². The van der Waals surface area contributed by atoms with Gasteiger partial charge in [0.2, 0.25) is 5.88 Å². The van der Waals surface area contributed by atoms with Gasteiger partial charge in [-0.2, -0.15) is 4.98 Å². The zero-order valence-electron chi connectivity index (χ0n) is 11.2. The smallest absolute Gasteiger partial charge is 0.218 e. The number of methoxy groups -OCH3 is 1. The minimum atomic E-state index is -0.232. The molecule has 5 nitrogen and oxygen atoms in total. The zero-order chi connectivity index (χ0) is 12.9. The molecule has 0 aliphatic rings. The van der Waals surface area contributed by atoms with Gasteiger partial charge in [-0.25, -0.2) is 4.98 Å². The average Bonchev–Trinajstić information content (AvgIpc) is 2.26. The Morgan fingerprint density at radius 2 is 2.06 bits per heavy atom. The second-order valence-electron chi connectivity index (χ2n) is 4.39. The quantitative estimate of drug-likeness (QED) is 0.823. The summed E-state index contributed by atoms with van der Waals surface area (Å²) in [4.78, 5) is 8.48. The molecule has 0 unspecified atom stereocenters. The van der Waals surface area contributed by atoms with E-state index in [2.05, 4.69) is 15.3 Å². The summed E-state index contributed by atoms with van der Waals surface area (Å²) in [5, 5.41) is 3.22. The number of hydrogen-bond acceptors (Lipinski definition) is 5. The minimum Gasteiger partial charge on any atom is -0.478 e. The van der Waals surface area contributed by atoms with Crippen molar-refractivity contribution in [3.63, 3.8) is 0 Å². The van der Waals surface area contributed by atoms with Crippen molar-refractivity contribution in [2.75, 3.05) is 25.6 Å². The van der Waals surface area contributed by atoms with Crippen molar-refractivity contribution in [1.29, 1.82) is 0 Å². The highest BCUT2D eigenvalue weighted by molar-refractivity contribution is 5.38. The molecule has 17 heavy (non-hydrogen) atoms. The molecule has 96 valence electrons. The molecule has 0 saturated heterocycles. The molecular weight excluding hydrogens is 218 g/mol. The molecule has 1 aromatic rings. The second kappa shape index (κ2) is 5.82. The first kappa shape index (κ1) is 13.7. The normalized spacial score (nSPS) is 11.4. The van der Waals surface area contributed by atoms with Crippen molar-refractivity contribution in [2.45, 2.75) is 33.3 Å². The van der Waals surface area contributed by atoms with Crippen LogP contribution in [0.3, 0.4) is 0 Å². The van der Waals surface area contributed by atoms with Crippen LogP contribution in [0.4, 0.5) is 5.82 Å². The first-order valence-corrected chi connectivity index (χ1v) is 5.74. The molecule has 0 saturated carbocycles. The Kier molecular flexibility index (Phi) is 4.69. The highest BCUT2D eigenvalue weighted by atomic mass is 16.5. The fourth-order valence-electron chi connectivity index (χ4n) is 1.23. The van der Waals surface area contributed by atoms with Gasteiger partial charge < -0.3 is 14.8 Å². The van der Waals surface area contributed by atoms with Crippen LogP contribution < -0.4 is 10.1 Å². The topological polar surface area (TPSA) is 56.3 Å². The number of anilines is 1. The Labute approximate surface area is 103 Å². The minimum absolute atomic E-state index is 0.232. The maximum atomic E-state index is 5.36. The van der Waals surface area contributed by atoms with E-state index >= 15 is 0 Å². The lowest BCUT2D eigenvalue weighted by molar-refractivity contribution is 0.0343. The van der Waals surface area contributed by atoms with Gasteiger partial charge >= 0.3 is 0 Å². The fraction of sp³-hybridized carbons (Fsp3) is 0.667. The molecule has 1 heterocycles. The summed E-state index contributed by atoms with van der Waals surface area (Å²) < 4.78 is 10.7. The Hall–Kier alpha value is -1.36. The van der Waals surface area contributed by atoms with Crippen LogP contribution in [0, 0.1) is 6.92 Å². The molecule has 0 radical (unpaired) electrons. The lowest BCUT2D eigenvalue weighted by atomic mass is 10.1. The van der Waals surface area contributed by atoms with E-state index < -0.39 is 0 Å². The van der Waals surface area contributed by atoms with Gasteiger partial charge in [-0.3, -0.25) is 0 Å². The predicted octanol–water partition coefficient (Wildman–Crippen LogP) is 2.02. The molecule has 5 heteroatoms. The number of rotatable bonds is 6. The van der Waals surface area contributed by atoms with Crippen LogP contribution in [0.25, 0.3) is 0 Å². The maximum absolute atomic E-state index is 5.36. The molecule has 0 aliphatic heterocycles. The van der Waals surface area contributed by atoms with E-state index in [1.54, 1.807) is 13.2 Å². The highest BCUT2D eigenvalue weighted by Crippen LogP contribution is 2.15. The molecule has 0 atom stereocenters. The molecule has 0 aromatic carbocycles. The number of hydrogen-bond donors (Lipinski definition) is 1. The van der Waals surface area contributed by atoms with Gasteiger partial charge in [-0.05, 0) is 27.7 Å². The highest BCUT2D eigenvalue weighted by Gasteiger charge is 2.16. The number of ether oxygens (including phenoxy) is 2. The lowest BCUT2D eigenvalue weighted by Gasteiger charge is -2.23. The average molecular weight is 239 g/mol.